The SMILES string of the molecule is OC(c1cccs1)C1CCCC1. The number of hydrogen-bond donors (Lipinski definition) is 1. The Bertz CT molecular complexity index is 224. The van der Waals surface area contributed by atoms with Crippen LogP contribution in [-0.4, -0.2) is 5.11 Å². The van der Waals surface area contributed by atoms with Gasteiger partial charge in [0.15, 0.2) is 0 Å². The lowest BCUT2D eigenvalue weighted by atomic mass is 10.00. The third-order valence-corrected chi connectivity index (χ3v) is 3.62. The Labute approximate surface area is 77.0 Å². The minimum atomic E-state index is -0.188. The predicted molar refractivity (Wildman–Crippen MR) is 51.2 cm³/mol. The van der Waals surface area contributed by atoms with Gasteiger partial charge < -0.3 is 5.11 Å². The zero-order valence-electron chi connectivity index (χ0n) is 7.07. The summed E-state index contributed by atoms with van der Waals surface area (Å²) in [5.74, 6) is 0.531. The number of hydrogen-bond acceptors (Lipinski definition) is 2. The third kappa shape index (κ3) is 1.54. The summed E-state index contributed by atoms with van der Waals surface area (Å²) < 4.78 is 0. The molecule has 0 saturated heterocycles. The van der Waals surface area contributed by atoms with Gasteiger partial charge in [0.1, 0.15) is 0 Å². The molecule has 1 atom stereocenters. The van der Waals surface area contributed by atoms with Crippen LogP contribution in [0, 0.1) is 5.92 Å². The first kappa shape index (κ1) is 8.27. The fraction of sp³-hybridized carbons (Fsp3) is 0.600. The van der Waals surface area contributed by atoms with Crippen molar-refractivity contribution in [2.45, 2.75) is 31.8 Å². The smallest absolute Gasteiger partial charge is 0.0909 e. The Morgan fingerprint density at radius 1 is 1.42 bits per heavy atom. The first-order valence-corrected chi connectivity index (χ1v) is 5.47. The molecular formula is C10H14OS. The molecule has 0 radical (unpaired) electrons. The minimum absolute atomic E-state index is 0.188. The van der Waals surface area contributed by atoms with Crippen molar-refractivity contribution in [1.82, 2.24) is 0 Å². The van der Waals surface area contributed by atoms with E-state index in [0.717, 1.165) is 4.88 Å². The lowest BCUT2D eigenvalue weighted by Crippen LogP contribution is -2.06. The minimum Gasteiger partial charge on any atom is -0.387 e. The van der Waals surface area contributed by atoms with Crippen molar-refractivity contribution in [3.8, 4) is 0 Å². The average Bonchev–Trinajstić information content (AvgIpc) is 2.77. The van der Waals surface area contributed by atoms with Crippen molar-refractivity contribution in [2.24, 2.45) is 5.92 Å². The number of aliphatic hydroxyl groups is 1. The molecule has 0 bridgehead atoms. The Hall–Kier alpha value is -0.340. The molecule has 1 aromatic rings. The molecule has 1 heterocycles. The second kappa shape index (κ2) is 3.58. The van der Waals surface area contributed by atoms with Crippen LogP contribution in [-0.2, 0) is 0 Å². The van der Waals surface area contributed by atoms with Gasteiger partial charge in [-0.3, -0.25) is 0 Å². The van der Waals surface area contributed by atoms with Gasteiger partial charge in [0, 0.05) is 4.88 Å². The molecule has 66 valence electrons. The Balaban J connectivity index is 2.04. The zero-order valence-corrected chi connectivity index (χ0v) is 7.89. The summed E-state index contributed by atoms with van der Waals surface area (Å²) >= 11 is 1.67. The molecule has 1 aliphatic carbocycles. The van der Waals surface area contributed by atoms with Gasteiger partial charge in [-0.2, -0.15) is 0 Å². The summed E-state index contributed by atoms with van der Waals surface area (Å²) in [5.41, 5.74) is 0. The van der Waals surface area contributed by atoms with E-state index in [2.05, 4.69) is 0 Å². The standard InChI is InChI=1S/C10H14OS/c11-10(8-4-1-2-5-8)9-6-3-7-12-9/h3,6-8,10-11H,1-2,4-5H2. The van der Waals surface area contributed by atoms with Crippen LogP contribution in [0.25, 0.3) is 0 Å². The topological polar surface area (TPSA) is 20.2 Å². The number of aliphatic hydroxyl groups excluding tert-OH is 1. The molecule has 1 saturated carbocycles. The zero-order chi connectivity index (χ0) is 8.39. The van der Waals surface area contributed by atoms with E-state index in [-0.39, 0.29) is 6.10 Å². The van der Waals surface area contributed by atoms with E-state index in [9.17, 15) is 5.11 Å². The van der Waals surface area contributed by atoms with Crippen molar-refractivity contribution in [1.29, 1.82) is 0 Å². The lowest BCUT2D eigenvalue weighted by molar-refractivity contribution is 0.115. The maximum absolute atomic E-state index is 9.92. The van der Waals surface area contributed by atoms with Crippen LogP contribution >= 0.6 is 11.3 Å². The summed E-state index contributed by atoms with van der Waals surface area (Å²) in [4.78, 5) is 1.14. The van der Waals surface area contributed by atoms with Gasteiger partial charge >= 0.3 is 0 Å². The van der Waals surface area contributed by atoms with E-state index >= 15 is 0 Å². The van der Waals surface area contributed by atoms with Crippen LogP contribution in [0.5, 0.6) is 0 Å². The van der Waals surface area contributed by atoms with Crippen molar-refractivity contribution >= 4 is 11.3 Å². The van der Waals surface area contributed by atoms with Gasteiger partial charge in [0.25, 0.3) is 0 Å². The van der Waals surface area contributed by atoms with Crippen LogP contribution in [0.4, 0.5) is 0 Å². The molecule has 2 rings (SSSR count). The Kier molecular flexibility index (Phi) is 2.47. The molecule has 0 aliphatic heterocycles. The monoisotopic (exact) mass is 182 g/mol. The summed E-state index contributed by atoms with van der Waals surface area (Å²) in [6, 6.07) is 4.05. The first-order valence-electron chi connectivity index (χ1n) is 4.59. The van der Waals surface area contributed by atoms with Crippen LogP contribution in [0.2, 0.25) is 0 Å². The third-order valence-electron chi connectivity index (χ3n) is 2.68. The van der Waals surface area contributed by atoms with Gasteiger partial charge in [-0.25, -0.2) is 0 Å². The molecule has 2 heteroatoms. The average molecular weight is 182 g/mol. The van der Waals surface area contributed by atoms with Gasteiger partial charge in [0.2, 0.25) is 0 Å². The second-order valence-electron chi connectivity index (χ2n) is 3.50. The van der Waals surface area contributed by atoms with Gasteiger partial charge in [-0.1, -0.05) is 18.9 Å². The summed E-state index contributed by atoms with van der Waals surface area (Å²) in [7, 11) is 0. The molecule has 0 amide bonds. The molecule has 1 aromatic heterocycles. The van der Waals surface area contributed by atoms with E-state index in [1.807, 2.05) is 17.5 Å². The molecule has 12 heavy (non-hydrogen) atoms. The van der Waals surface area contributed by atoms with E-state index in [1.165, 1.54) is 25.7 Å². The molecule has 1 N–H and O–H groups in total. The Morgan fingerprint density at radius 2 is 2.17 bits per heavy atom. The maximum atomic E-state index is 9.92. The highest BCUT2D eigenvalue weighted by Gasteiger charge is 2.24. The molecule has 1 fully saturated rings. The van der Waals surface area contributed by atoms with E-state index in [1.54, 1.807) is 11.3 Å². The van der Waals surface area contributed by atoms with Crippen molar-refractivity contribution in [3.05, 3.63) is 22.4 Å². The lowest BCUT2D eigenvalue weighted by Gasteiger charge is -2.15. The second-order valence-corrected chi connectivity index (χ2v) is 4.48. The first-order chi connectivity index (χ1) is 5.88. The molecule has 1 unspecified atom stereocenters. The fourth-order valence-electron chi connectivity index (χ4n) is 1.96. The van der Waals surface area contributed by atoms with Gasteiger partial charge in [-0.15, -0.1) is 11.3 Å². The quantitative estimate of drug-likeness (QED) is 0.745. The van der Waals surface area contributed by atoms with Crippen LogP contribution in [0.3, 0.4) is 0 Å². The van der Waals surface area contributed by atoms with Crippen LogP contribution < -0.4 is 0 Å². The van der Waals surface area contributed by atoms with Crippen molar-refractivity contribution in [3.63, 3.8) is 0 Å². The number of thiophene rings is 1. The van der Waals surface area contributed by atoms with E-state index < -0.39 is 0 Å². The summed E-state index contributed by atoms with van der Waals surface area (Å²) in [6.07, 6.45) is 4.82. The fourth-order valence-corrected chi connectivity index (χ4v) is 2.77. The number of rotatable bonds is 2. The van der Waals surface area contributed by atoms with Gasteiger partial charge in [0.05, 0.1) is 6.10 Å². The summed E-state index contributed by atoms with van der Waals surface area (Å²) in [6.45, 7) is 0. The normalized spacial score (nSPS) is 21.4. The van der Waals surface area contributed by atoms with E-state index in [0.29, 0.717) is 5.92 Å². The predicted octanol–water partition coefficient (Wildman–Crippen LogP) is 2.97. The molecule has 1 aliphatic rings. The molecule has 0 aromatic carbocycles. The van der Waals surface area contributed by atoms with E-state index in [4.69, 9.17) is 0 Å². The highest BCUT2D eigenvalue weighted by Crippen LogP contribution is 2.36. The molecule has 1 nitrogen and oxygen atoms in total. The molecular weight excluding hydrogens is 168 g/mol. The van der Waals surface area contributed by atoms with Crippen LogP contribution in [0.1, 0.15) is 36.7 Å². The van der Waals surface area contributed by atoms with Crippen molar-refractivity contribution < 1.29 is 5.11 Å². The summed E-state index contributed by atoms with van der Waals surface area (Å²) in [5, 5.41) is 12.0. The largest absolute Gasteiger partial charge is 0.387 e. The van der Waals surface area contributed by atoms with Gasteiger partial charge in [-0.05, 0) is 30.2 Å². The van der Waals surface area contributed by atoms with Crippen LogP contribution in [0.15, 0.2) is 17.5 Å². The Morgan fingerprint density at radius 3 is 2.75 bits per heavy atom. The highest BCUT2D eigenvalue weighted by atomic mass is 32.1. The highest BCUT2D eigenvalue weighted by molar-refractivity contribution is 7.10. The molecule has 0 spiro atoms. The maximum Gasteiger partial charge on any atom is 0.0909 e. The van der Waals surface area contributed by atoms with Crippen molar-refractivity contribution in [2.75, 3.05) is 0 Å².